The van der Waals surface area contributed by atoms with Crippen molar-refractivity contribution in [2.45, 2.75) is 24.8 Å². The summed E-state index contributed by atoms with van der Waals surface area (Å²) in [5, 5.41) is 0. The lowest BCUT2D eigenvalue weighted by Gasteiger charge is -2.21. The van der Waals surface area contributed by atoms with Crippen LogP contribution in [-0.2, 0) is 15.9 Å². The molecule has 0 radical (unpaired) electrons. The van der Waals surface area contributed by atoms with Crippen LogP contribution in [0.4, 0.5) is 13.2 Å². The molecule has 1 saturated heterocycles. The predicted molar refractivity (Wildman–Crippen MR) is 60.1 cm³/mol. The van der Waals surface area contributed by atoms with E-state index in [1.165, 1.54) is 12.1 Å². The highest BCUT2D eigenvalue weighted by atomic mass is 19.4. The van der Waals surface area contributed by atoms with Crippen LogP contribution >= 0.6 is 0 Å². The lowest BCUT2D eigenvalue weighted by atomic mass is 10.0. The van der Waals surface area contributed by atoms with Crippen molar-refractivity contribution in [3.8, 4) is 5.75 Å². The van der Waals surface area contributed by atoms with Gasteiger partial charge >= 0.3 is 6.18 Å². The summed E-state index contributed by atoms with van der Waals surface area (Å²) in [6.07, 6.45) is -5.88. The Morgan fingerprint density at radius 1 is 1.37 bits per heavy atom. The van der Waals surface area contributed by atoms with Crippen LogP contribution in [-0.4, -0.2) is 32.1 Å². The van der Waals surface area contributed by atoms with Crippen molar-refractivity contribution in [3.05, 3.63) is 29.3 Å². The van der Waals surface area contributed by atoms with Crippen LogP contribution in [0.15, 0.2) is 18.2 Å². The SMILES string of the molecule is FC(F)(F)[C@@H](OC[C@@H]1CO1)c1ccc2c(c1)CCO2. The molecule has 0 aliphatic carbocycles. The Morgan fingerprint density at radius 2 is 2.16 bits per heavy atom. The lowest BCUT2D eigenvalue weighted by Crippen LogP contribution is -2.25. The number of alkyl halides is 3. The van der Waals surface area contributed by atoms with Crippen molar-refractivity contribution in [1.82, 2.24) is 0 Å². The Kier molecular flexibility index (Phi) is 3.14. The van der Waals surface area contributed by atoms with E-state index in [-0.39, 0.29) is 18.3 Å². The topological polar surface area (TPSA) is 31.0 Å². The van der Waals surface area contributed by atoms with E-state index in [2.05, 4.69) is 0 Å². The van der Waals surface area contributed by atoms with Gasteiger partial charge in [-0.15, -0.1) is 0 Å². The number of epoxide rings is 1. The monoisotopic (exact) mass is 274 g/mol. The Hall–Kier alpha value is -1.27. The first-order valence-electron chi connectivity index (χ1n) is 6.09. The first-order chi connectivity index (χ1) is 9.04. The molecule has 2 aliphatic rings. The summed E-state index contributed by atoms with van der Waals surface area (Å²) in [6.45, 7) is 0.965. The largest absolute Gasteiger partial charge is 0.493 e. The normalized spacial score (nSPS) is 22.8. The maximum Gasteiger partial charge on any atom is 0.418 e. The smallest absolute Gasteiger partial charge is 0.418 e. The van der Waals surface area contributed by atoms with Crippen LogP contribution in [0, 0.1) is 0 Å². The molecule has 1 aromatic carbocycles. The molecule has 0 N–H and O–H groups in total. The average molecular weight is 274 g/mol. The van der Waals surface area contributed by atoms with Crippen molar-refractivity contribution in [2.75, 3.05) is 19.8 Å². The number of benzene rings is 1. The second kappa shape index (κ2) is 4.68. The second-order valence-corrected chi connectivity index (χ2v) is 4.68. The number of halogens is 3. The van der Waals surface area contributed by atoms with Crippen LogP contribution in [0.25, 0.3) is 0 Å². The third-order valence-corrected chi connectivity index (χ3v) is 3.16. The Morgan fingerprint density at radius 3 is 2.84 bits per heavy atom. The number of ether oxygens (including phenoxy) is 3. The van der Waals surface area contributed by atoms with Crippen molar-refractivity contribution < 1.29 is 27.4 Å². The number of rotatable bonds is 4. The van der Waals surface area contributed by atoms with Crippen molar-refractivity contribution in [3.63, 3.8) is 0 Å². The number of fused-ring (bicyclic) bond motifs is 1. The zero-order chi connectivity index (χ0) is 13.5. The van der Waals surface area contributed by atoms with Gasteiger partial charge in [-0.3, -0.25) is 0 Å². The van der Waals surface area contributed by atoms with Crippen molar-refractivity contribution in [1.29, 1.82) is 0 Å². The summed E-state index contributed by atoms with van der Waals surface area (Å²) in [5.41, 5.74) is 0.926. The molecule has 1 fully saturated rings. The molecule has 0 aromatic heterocycles. The molecule has 0 saturated carbocycles. The third kappa shape index (κ3) is 2.84. The Balaban J connectivity index is 1.81. The van der Waals surface area contributed by atoms with E-state index < -0.39 is 12.3 Å². The summed E-state index contributed by atoms with van der Waals surface area (Å²) in [6, 6.07) is 4.51. The highest BCUT2D eigenvalue weighted by molar-refractivity contribution is 5.40. The molecule has 2 aliphatic heterocycles. The van der Waals surface area contributed by atoms with Gasteiger partial charge in [0.1, 0.15) is 11.9 Å². The minimum Gasteiger partial charge on any atom is -0.493 e. The van der Waals surface area contributed by atoms with Crippen LogP contribution in [0.5, 0.6) is 5.75 Å². The summed E-state index contributed by atoms with van der Waals surface area (Å²) >= 11 is 0. The molecule has 19 heavy (non-hydrogen) atoms. The first kappa shape index (κ1) is 12.7. The predicted octanol–water partition coefficient (Wildman–Crippen LogP) is 2.64. The zero-order valence-corrected chi connectivity index (χ0v) is 10.1. The Labute approximate surface area is 108 Å². The third-order valence-electron chi connectivity index (χ3n) is 3.16. The first-order valence-corrected chi connectivity index (χ1v) is 6.09. The van der Waals surface area contributed by atoms with E-state index in [1.54, 1.807) is 6.07 Å². The molecule has 3 nitrogen and oxygen atoms in total. The van der Waals surface area contributed by atoms with E-state index in [0.717, 1.165) is 5.56 Å². The van der Waals surface area contributed by atoms with Gasteiger partial charge in [-0.1, -0.05) is 6.07 Å². The summed E-state index contributed by atoms with van der Waals surface area (Å²) in [5.74, 6) is 0.662. The van der Waals surface area contributed by atoms with Crippen molar-refractivity contribution >= 4 is 0 Å². The average Bonchev–Trinajstić information content (AvgIpc) is 3.04. The lowest BCUT2D eigenvalue weighted by molar-refractivity contribution is -0.224. The van der Waals surface area contributed by atoms with Crippen molar-refractivity contribution in [2.24, 2.45) is 0 Å². The summed E-state index contributed by atoms with van der Waals surface area (Å²) in [4.78, 5) is 0. The molecule has 1 aromatic rings. The van der Waals surface area contributed by atoms with Gasteiger partial charge in [0.05, 0.1) is 19.8 Å². The van der Waals surface area contributed by atoms with E-state index in [1.807, 2.05) is 0 Å². The van der Waals surface area contributed by atoms with Gasteiger partial charge in [-0.05, 0) is 23.3 Å². The fraction of sp³-hybridized carbons (Fsp3) is 0.538. The van der Waals surface area contributed by atoms with E-state index >= 15 is 0 Å². The highest BCUT2D eigenvalue weighted by Gasteiger charge is 2.43. The zero-order valence-electron chi connectivity index (χ0n) is 10.1. The minimum absolute atomic E-state index is 0.0300. The van der Waals surface area contributed by atoms with E-state index in [0.29, 0.717) is 25.4 Å². The van der Waals surface area contributed by atoms with Gasteiger partial charge in [0.25, 0.3) is 0 Å². The molecule has 3 rings (SSSR count). The van der Waals surface area contributed by atoms with Gasteiger partial charge in [-0.25, -0.2) is 0 Å². The molecule has 0 unspecified atom stereocenters. The van der Waals surface area contributed by atoms with Gasteiger partial charge < -0.3 is 14.2 Å². The molecule has 6 heteroatoms. The summed E-state index contributed by atoms with van der Waals surface area (Å²) < 4.78 is 54.2. The second-order valence-electron chi connectivity index (χ2n) is 4.68. The van der Waals surface area contributed by atoms with Crippen LogP contribution < -0.4 is 4.74 Å². The van der Waals surface area contributed by atoms with Crippen LogP contribution in [0.2, 0.25) is 0 Å². The standard InChI is InChI=1S/C13H13F3O3/c14-13(15,16)12(19-7-10-6-18-10)9-1-2-11-8(5-9)3-4-17-11/h1-2,5,10,12H,3-4,6-7H2/t10-,12-/m0/s1. The fourth-order valence-electron chi connectivity index (χ4n) is 2.12. The quantitative estimate of drug-likeness (QED) is 0.791. The van der Waals surface area contributed by atoms with E-state index in [4.69, 9.17) is 14.2 Å². The maximum absolute atomic E-state index is 13.0. The Bertz CT molecular complexity index is 469. The van der Waals surface area contributed by atoms with Gasteiger partial charge in [0.2, 0.25) is 0 Å². The molecule has 0 amide bonds. The molecule has 104 valence electrons. The molecular weight excluding hydrogens is 261 g/mol. The molecule has 0 bridgehead atoms. The fourth-order valence-corrected chi connectivity index (χ4v) is 2.12. The number of hydrogen-bond donors (Lipinski definition) is 0. The molecule has 0 spiro atoms. The van der Waals surface area contributed by atoms with Crippen LogP contribution in [0.3, 0.4) is 0 Å². The maximum atomic E-state index is 13.0. The molecule has 2 heterocycles. The summed E-state index contributed by atoms with van der Waals surface area (Å²) in [7, 11) is 0. The van der Waals surface area contributed by atoms with Crippen LogP contribution in [0.1, 0.15) is 17.2 Å². The minimum atomic E-state index is -4.43. The van der Waals surface area contributed by atoms with Gasteiger partial charge in [0.15, 0.2) is 6.10 Å². The van der Waals surface area contributed by atoms with Gasteiger partial charge in [0, 0.05) is 6.42 Å². The van der Waals surface area contributed by atoms with Gasteiger partial charge in [-0.2, -0.15) is 13.2 Å². The number of hydrogen-bond acceptors (Lipinski definition) is 3. The van der Waals surface area contributed by atoms with E-state index in [9.17, 15) is 13.2 Å². The molecular formula is C13H13F3O3. The molecule has 2 atom stereocenters. The highest BCUT2D eigenvalue weighted by Crippen LogP contribution is 2.38.